The fourth-order valence-corrected chi connectivity index (χ4v) is 2.57. The van der Waals surface area contributed by atoms with Crippen molar-refractivity contribution in [2.24, 2.45) is 0 Å². The first kappa shape index (κ1) is 17.0. The van der Waals surface area contributed by atoms with Crippen LogP contribution in [-0.4, -0.2) is 25.9 Å². The Morgan fingerprint density at radius 3 is 2.40 bits per heavy atom. The summed E-state index contributed by atoms with van der Waals surface area (Å²) in [6, 6.07) is 11.2. The van der Waals surface area contributed by atoms with Crippen LogP contribution in [0.1, 0.15) is 5.56 Å². The van der Waals surface area contributed by atoms with Gasteiger partial charge in [0.2, 0.25) is 0 Å². The number of hydrogen-bond donors (Lipinski definition) is 1. The molecule has 0 spiro atoms. The van der Waals surface area contributed by atoms with Gasteiger partial charge in [0, 0.05) is 19.8 Å². The first-order valence-corrected chi connectivity index (χ1v) is 7.84. The van der Waals surface area contributed by atoms with Crippen molar-refractivity contribution < 1.29 is 14.0 Å². The van der Waals surface area contributed by atoms with Crippen molar-refractivity contribution in [2.75, 3.05) is 24.0 Å². The lowest BCUT2D eigenvalue weighted by atomic mass is 10.1. The molecule has 2 aromatic rings. The second-order valence-corrected chi connectivity index (χ2v) is 6.13. The lowest BCUT2D eigenvalue weighted by molar-refractivity contribution is -0.117. The number of carbonyl (C=O) groups excluding carboxylic acids is 2. The molecule has 5 nitrogen and oxygen atoms in total. The number of amides is 2. The normalized spacial score (nSPS) is 15.7. The van der Waals surface area contributed by atoms with Crippen LogP contribution in [0, 0.1) is 5.82 Å². The topological polar surface area (TPSA) is 52.7 Å². The smallest absolute Gasteiger partial charge is 0.282 e. The lowest BCUT2D eigenvalue weighted by Gasteiger charge is -2.14. The molecule has 0 aromatic heterocycles. The molecule has 1 saturated heterocycles. The van der Waals surface area contributed by atoms with Crippen molar-refractivity contribution in [3.05, 3.63) is 64.4 Å². The van der Waals surface area contributed by atoms with Gasteiger partial charge in [-0.25, -0.2) is 9.40 Å². The minimum absolute atomic E-state index is 0.00181. The zero-order valence-corrected chi connectivity index (χ0v) is 14.3. The highest BCUT2D eigenvalue weighted by Gasteiger charge is 2.34. The van der Waals surface area contributed by atoms with Gasteiger partial charge in [0.15, 0.2) is 0 Å². The molecule has 1 fully saturated rings. The Labute approximate surface area is 149 Å². The third kappa shape index (κ3) is 3.34. The van der Waals surface area contributed by atoms with Gasteiger partial charge < -0.3 is 4.90 Å². The first-order valence-electron chi connectivity index (χ1n) is 7.46. The van der Waals surface area contributed by atoms with Crippen LogP contribution in [0.4, 0.5) is 15.8 Å². The van der Waals surface area contributed by atoms with E-state index in [0.29, 0.717) is 0 Å². The van der Waals surface area contributed by atoms with Crippen LogP contribution >= 0.6 is 11.6 Å². The summed E-state index contributed by atoms with van der Waals surface area (Å²) in [4.78, 5) is 26.6. The third-order valence-electron chi connectivity index (χ3n) is 3.77. The van der Waals surface area contributed by atoms with Gasteiger partial charge in [-0.3, -0.25) is 15.0 Å². The van der Waals surface area contributed by atoms with Gasteiger partial charge in [-0.2, -0.15) is 0 Å². The van der Waals surface area contributed by atoms with Crippen LogP contribution in [0.5, 0.6) is 0 Å². The summed E-state index contributed by atoms with van der Waals surface area (Å²) in [6.45, 7) is 0. The molecule has 0 atom stereocenters. The van der Waals surface area contributed by atoms with Crippen molar-refractivity contribution in [2.45, 2.75) is 0 Å². The number of anilines is 2. The van der Waals surface area contributed by atoms with E-state index in [0.717, 1.165) is 22.3 Å². The monoisotopic (exact) mass is 359 g/mol. The van der Waals surface area contributed by atoms with Crippen molar-refractivity contribution in [1.82, 2.24) is 5.43 Å². The van der Waals surface area contributed by atoms with Crippen LogP contribution in [0.15, 0.2) is 48.0 Å². The minimum atomic E-state index is -0.597. The average Bonchev–Trinajstić information content (AvgIpc) is 2.86. The number of nitrogens with one attached hydrogen (secondary N) is 1. The molecule has 0 aliphatic carbocycles. The molecule has 1 aliphatic heterocycles. The van der Waals surface area contributed by atoms with E-state index in [1.807, 2.05) is 43.3 Å². The molecule has 128 valence electrons. The standard InChI is InChI=1S/C18H15ClFN3O2/c1-22(2)12-5-3-11(4-6-12)9-14-17(24)21-23(18(14)25)13-7-8-16(20)15(19)10-13/h3-10H,1-2H3,(H,21,24)/b14-9+. The van der Waals surface area contributed by atoms with Crippen molar-refractivity contribution in [3.8, 4) is 0 Å². The van der Waals surface area contributed by atoms with Crippen molar-refractivity contribution in [1.29, 1.82) is 0 Å². The molecular formula is C18H15ClFN3O2. The maximum atomic E-state index is 13.3. The van der Waals surface area contributed by atoms with Gasteiger partial charge in [0.25, 0.3) is 11.8 Å². The van der Waals surface area contributed by atoms with E-state index in [2.05, 4.69) is 5.43 Å². The number of halogens is 2. The maximum Gasteiger partial charge on any atom is 0.282 e. The fraction of sp³-hybridized carbons (Fsp3) is 0.111. The van der Waals surface area contributed by atoms with E-state index in [1.165, 1.54) is 18.2 Å². The summed E-state index contributed by atoms with van der Waals surface area (Å²) in [7, 11) is 3.85. The highest BCUT2D eigenvalue weighted by molar-refractivity contribution is 6.33. The largest absolute Gasteiger partial charge is 0.378 e. The van der Waals surface area contributed by atoms with Crippen LogP contribution in [-0.2, 0) is 9.59 Å². The van der Waals surface area contributed by atoms with Gasteiger partial charge >= 0.3 is 0 Å². The van der Waals surface area contributed by atoms with Gasteiger partial charge in [0.1, 0.15) is 11.4 Å². The summed E-state index contributed by atoms with van der Waals surface area (Å²) in [6.07, 6.45) is 1.52. The number of benzene rings is 2. The maximum absolute atomic E-state index is 13.3. The zero-order chi connectivity index (χ0) is 18.1. The molecule has 7 heteroatoms. The molecule has 2 amide bonds. The zero-order valence-electron chi connectivity index (χ0n) is 13.6. The predicted octanol–water partition coefficient (Wildman–Crippen LogP) is 3.01. The Bertz CT molecular complexity index is 878. The quantitative estimate of drug-likeness (QED) is 0.677. The Morgan fingerprint density at radius 2 is 1.80 bits per heavy atom. The molecule has 2 aromatic carbocycles. The number of nitrogens with zero attached hydrogens (tertiary/aromatic N) is 2. The second-order valence-electron chi connectivity index (χ2n) is 5.72. The van der Waals surface area contributed by atoms with Crippen molar-refractivity contribution in [3.63, 3.8) is 0 Å². The van der Waals surface area contributed by atoms with E-state index in [-0.39, 0.29) is 16.3 Å². The molecule has 25 heavy (non-hydrogen) atoms. The van der Waals surface area contributed by atoms with Crippen LogP contribution in [0.2, 0.25) is 5.02 Å². The van der Waals surface area contributed by atoms with Crippen LogP contribution in [0.3, 0.4) is 0 Å². The van der Waals surface area contributed by atoms with E-state index < -0.39 is 17.6 Å². The molecule has 0 radical (unpaired) electrons. The van der Waals surface area contributed by atoms with Gasteiger partial charge in [-0.05, 0) is 42.0 Å². The molecule has 0 saturated carbocycles. The number of rotatable bonds is 3. The number of hydrogen-bond acceptors (Lipinski definition) is 3. The van der Waals surface area contributed by atoms with E-state index in [4.69, 9.17) is 11.6 Å². The summed E-state index contributed by atoms with van der Waals surface area (Å²) < 4.78 is 13.3. The Morgan fingerprint density at radius 1 is 1.12 bits per heavy atom. The SMILES string of the molecule is CN(C)c1ccc(/C=C2\C(=O)NN(c3ccc(F)c(Cl)c3)C2=O)cc1. The van der Waals surface area contributed by atoms with E-state index >= 15 is 0 Å². The number of carbonyl (C=O) groups is 2. The molecule has 0 bridgehead atoms. The second kappa shape index (κ2) is 6.57. The molecule has 1 heterocycles. The number of hydrazine groups is 1. The van der Waals surface area contributed by atoms with Gasteiger partial charge in [-0.1, -0.05) is 23.7 Å². The summed E-state index contributed by atoms with van der Waals surface area (Å²) >= 11 is 5.74. The summed E-state index contributed by atoms with van der Waals surface area (Å²) in [5.41, 5.74) is 4.47. The van der Waals surface area contributed by atoms with Crippen molar-refractivity contribution >= 4 is 40.9 Å². The summed E-state index contributed by atoms with van der Waals surface area (Å²) in [5, 5.41) is 0.921. The van der Waals surface area contributed by atoms with Gasteiger partial charge in [-0.15, -0.1) is 0 Å². The van der Waals surface area contributed by atoms with Crippen LogP contribution < -0.4 is 15.3 Å². The first-order chi connectivity index (χ1) is 11.9. The van der Waals surface area contributed by atoms with E-state index in [1.54, 1.807) is 0 Å². The molecule has 0 unspecified atom stereocenters. The van der Waals surface area contributed by atoms with Crippen LogP contribution in [0.25, 0.3) is 6.08 Å². The Kier molecular flexibility index (Phi) is 4.46. The third-order valence-corrected chi connectivity index (χ3v) is 4.06. The Hall–Kier alpha value is -2.86. The minimum Gasteiger partial charge on any atom is -0.378 e. The summed E-state index contributed by atoms with van der Waals surface area (Å²) in [5.74, 6) is -1.65. The molecule has 3 rings (SSSR count). The lowest BCUT2D eigenvalue weighted by Crippen LogP contribution is -2.35. The predicted molar refractivity (Wildman–Crippen MR) is 95.8 cm³/mol. The molecule has 1 N–H and O–H groups in total. The van der Waals surface area contributed by atoms with E-state index in [9.17, 15) is 14.0 Å². The molecular weight excluding hydrogens is 345 g/mol. The highest BCUT2D eigenvalue weighted by atomic mass is 35.5. The highest BCUT2D eigenvalue weighted by Crippen LogP contribution is 2.26. The fourth-order valence-electron chi connectivity index (χ4n) is 2.40. The average molecular weight is 360 g/mol. The van der Waals surface area contributed by atoms with Gasteiger partial charge in [0.05, 0.1) is 10.7 Å². The molecule has 1 aliphatic rings. The Balaban J connectivity index is 1.89.